The minimum Gasteiger partial charge on any atom is -0.468 e. The quantitative estimate of drug-likeness (QED) is 0.309. The average Bonchev–Trinajstić information content (AvgIpc) is 3.03. The second-order valence-electron chi connectivity index (χ2n) is 6.55. The van der Waals surface area contributed by atoms with Gasteiger partial charge < -0.3 is 9.30 Å². The van der Waals surface area contributed by atoms with Crippen LogP contribution in [-0.2, 0) is 37.1 Å². The van der Waals surface area contributed by atoms with Crippen LogP contribution in [0.1, 0.15) is 5.56 Å². The predicted octanol–water partition coefficient (Wildman–Crippen LogP) is 1.86. The normalized spacial score (nSPS) is 12.1. The number of thiazole rings is 1. The molecule has 10 nitrogen and oxygen atoms in total. The monoisotopic (exact) mass is 463 g/mol. The maximum absolute atomic E-state index is 12.5. The van der Waals surface area contributed by atoms with E-state index >= 15 is 0 Å². The number of carbonyl (C=O) groups is 2. The molecule has 0 aliphatic heterocycles. The smallest absolute Gasteiger partial charge is 0.325 e. The topological polar surface area (TPSA) is 138 Å². The van der Waals surface area contributed by atoms with Crippen LogP contribution in [0.3, 0.4) is 0 Å². The largest absolute Gasteiger partial charge is 0.468 e. The van der Waals surface area contributed by atoms with Crippen molar-refractivity contribution in [2.24, 2.45) is 4.99 Å². The number of fused-ring (bicyclic) bond motifs is 1. The van der Waals surface area contributed by atoms with Crippen LogP contribution >= 0.6 is 11.3 Å². The van der Waals surface area contributed by atoms with Gasteiger partial charge in [-0.1, -0.05) is 23.5 Å². The van der Waals surface area contributed by atoms with E-state index in [2.05, 4.69) is 9.73 Å². The summed E-state index contributed by atoms with van der Waals surface area (Å²) in [6.45, 7) is -0.219. The second-order valence-corrected chi connectivity index (χ2v) is 9.58. The predicted molar refractivity (Wildman–Crippen MR) is 112 cm³/mol. The standard InChI is InChI=1S/C19H17N3O7S2/c1-29-18(24)11-21-15-8-5-13(22(25)26)10-16(15)30-19(21)20-17(23)9-12-3-6-14(7-4-12)31(2,27)28/h3-8,10H,9,11H2,1-2H3. The molecule has 0 bridgehead atoms. The highest BCUT2D eigenvalue weighted by Gasteiger charge is 2.15. The van der Waals surface area contributed by atoms with Crippen LogP contribution in [-0.4, -0.2) is 43.2 Å². The zero-order valence-corrected chi connectivity index (χ0v) is 18.1. The number of hydrogen-bond acceptors (Lipinski definition) is 8. The van der Waals surface area contributed by atoms with Crippen LogP contribution in [0.5, 0.6) is 0 Å². The van der Waals surface area contributed by atoms with Gasteiger partial charge in [0.1, 0.15) is 6.54 Å². The minimum atomic E-state index is -3.34. The zero-order chi connectivity index (χ0) is 22.8. The number of nitro benzene ring substituents is 1. The van der Waals surface area contributed by atoms with E-state index in [1.165, 1.54) is 54.1 Å². The number of hydrogen-bond donors (Lipinski definition) is 0. The van der Waals surface area contributed by atoms with Gasteiger partial charge in [-0.3, -0.25) is 19.7 Å². The molecule has 0 saturated heterocycles. The highest BCUT2D eigenvalue weighted by molar-refractivity contribution is 7.90. The van der Waals surface area contributed by atoms with Crippen LogP contribution in [0.4, 0.5) is 5.69 Å². The number of nitro groups is 1. The second kappa shape index (κ2) is 8.78. The summed E-state index contributed by atoms with van der Waals surface area (Å²) in [6.07, 6.45) is 1.00. The number of rotatable bonds is 6. The molecule has 3 aromatic rings. The van der Waals surface area contributed by atoms with Gasteiger partial charge in [0.2, 0.25) is 0 Å². The van der Waals surface area contributed by atoms with E-state index in [1.54, 1.807) is 0 Å². The Hall–Kier alpha value is -3.38. The fourth-order valence-corrected chi connectivity index (χ4v) is 4.49. The first-order valence-corrected chi connectivity index (χ1v) is 11.5. The summed E-state index contributed by atoms with van der Waals surface area (Å²) in [4.78, 5) is 39.2. The van der Waals surface area contributed by atoms with E-state index in [9.17, 15) is 28.1 Å². The van der Waals surface area contributed by atoms with Crippen molar-refractivity contribution in [3.63, 3.8) is 0 Å². The van der Waals surface area contributed by atoms with E-state index in [0.29, 0.717) is 15.8 Å². The minimum absolute atomic E-state index is 0.0866. The fraction of sp³-hybridized carbons (Fsp3) is 0.211. The van der Waals surface area contributed by atoms with Gasteiger partial charge in [0.25, 0.3) is 11.6 Å². The van der Waals surface area contributed by atoms with Crippen LogP contribution in [0, 0.1) is 10.1 Å². The Morgan fingerprint density at radius 1 is 1.19 bits per heavy atom. The highest BCUT2D eigenvalue weighted by Crippen LogP contribution is 2.23. The number of non-ortho nitro benzene ring substituents is 1. The number of methoxy groups -OCH3 is 1. The van der Waals surface area contributed by atoms with Crippen molar-refractivity contribution in [1.29, 1.82) is 0 Å². The van der Waals surface area contributed by atoms with Gasteiger partial charge >= 0.3 is 5.97 Å². The summed E-state index contributed by atoms with van der Waals surface area (Å²) in [6, 6.07) is 10.0. The molecule has 0 fully saturated rings. The molecular formula is C19H17N3O7S2. The molecule has 12 heteroatoms. The summed E-state index contributed by atoms with van der Waals surface area (Å²) < 4.78 is 29.7. The number of nitrogens with zero attached hydrogens (tertiary/aromatic N) is 3. The maximum Gasteiger partial charge on any atom is 0.325 e. The van der Waals surface area contributed by atoms with E-state index in [4.69, 9.17) is 0 Å². The molecule has 0 radical (unpaired) electrons. The Morgan fingerprint density at radius 2 is 1.87 bits per heavy atom. The molecule has 2 aromatic carbocycles. The molecule has 3 rings (SSSR count). The number of aromatic nitrogens is 1. The van der Waals surface area contributed by atoms with Gasteiger partial charge in [-0.25, -0.2) is 8.42 Å². The van der Waals surface area contributed by atoms with Gasteiger partial charge in [-0.15, -0.1) is 0 Å². The van der Waals surface area contributed by atoms with E-state index in [-0.39, 0.29) is 28.3 Å². The van der Waals surface area contributed by atoms with Gasteiger partial charge in [-0.05, 0) is 23.8 Å². The third-order valence-electron chi connectivity index (χ3n) is 4.32. The summed E-state index contributed by atoms with van der Waals surface area (Å²) in [5.74, 6) is -1.09. The Balaban J connectivity index is 1.98. The number of sulfone groups is 1. The van der Waals surface area contributed by atoms with E-state index < -0.39 is 26.6 Å². The van der Waals surface area contributed by atoms with Crippen molar-refractivity contribution in [1.82, 2.24) is 4.57 Å². The van der Waals surface area contributed by atoms with Crippen molar-refractivity contribution in [3.8, 4) is 0 Å². The van der Waals surface area contributed by atoms with Crippen molar-refractivity contribution >= 4 is 49.0 Å². The van der Waals surface area contributed by atoms with Crippen LogP contribution < -0.4 is 4.80 Å². The van der Waals surface area contributed by atoms with Gasteiger partial charge in [0.15, 0.2) is 14.6 Å². The molecule has 0 atom stereocenters. The van der Waals surface area contributed by atoms with Crippen molar-refractivity contribution in [2.45, 2.75) is 17.9 Å². The molecule has 0 N–H and O–H groups in total. The maximum atomic E-state index is 12.5. The Labute approximate surface area is 180 Å². The number of esters is 1. The number of carbonyl (C=O) groups excluding carboxylic acids is 2. The molecular weight excluding hydrogens is 446 g/mol. The SMILES string of the molecule is COC(=O)Cn1c(=NC(=O)Cc2ccc(S(C)(=O)=O)cc2)sc2cc([N+](=O)[O-])ccc21. The summed E-state index contributed by atoms with van der Waals surface area (Å²) >= 11 is 1.04. The lowest BCUT2D eigenvalue weighted by molar-refractivity contribution is -0.384. The zero-order valence-electron chi connectivity index (χ0n) is 16.5. The molecule has 162 valence electrons. The van der Waals surface area contributed by atoms with Crippen LogP contribution in [0.15, 0.2) is 52.4 Å². The molecule has 31 heavy (non-hydrogen) atoms. The lowest BCUT2D eigenvalue weighted by Gasteiger charge is -2.04. The lowest BCUT2D eigenvalue weighted by atomic mass is 10.1. The molecule has 1 aromatic heterocycles. The number of benzene rings is 2. The van der Waals surface area contributed by atoms with Crippen LogP contribution in [0.2, 0.25) is 0 Å². The van der Waals surface area contributed by atoms with Gasteiger partial charge in [0, 0.05) is 18.4 Å². The van der Waals surface area contributed by atoms with E-state index in [0.717, 1.165) is 17.6 Å². The Bertz CT molecular complexity index is 1350. The highest BCUT2D eigenvalue weighted by atomic mass is 32.2. The molecule has 1 amide bonds. The molecule has 0 aliphatic carbocycles. The number of amides is 1. The molecule has 0 saturated carbocycles. The average molecular weight is 463 g/mol. The van der Waals surface area contributed by atoms with Crippen molar-refractivity contribution < 1.29 is 27.7 Å². The molecule has 1 heterocycles. The molecule has 0 aliphatic rings. The summed E-state index contributed by atoms with van der Waals surface area (Å²) in [7, 11) is -2.12. The first-order valence-electron chi connectivity index (χ1n) is 8.79. The fourth-order valence-electron chi connectivity index (χ4n) is 2.78. The Morgan fingerprint density at radius 3 is 2.45 bits per heavy atom. The van der Waals surface area contributed by atoms with E-state index in [1.807, 2.05) is 0 Å². The summed E-state index contributed by atoms with van der Waals surface area (Å²) in [5.41, 5.74) is 0.949. The third-order valence-corrected chi connectivity index (χ3v) is 6.49. The third kappa shape index (κ3) is 5.22. The lowest BCUT2D eigenvalue weighted by Crippen LogP contribution is -2.22. The molecule has 0 spiro atoms. The first-order chi connectivity index (χ1) is 14.6. The van der Waals surface area contributed by atoms with Crippen molar-refractivity contribution in [2.75, 3.05) is 13.4 Å². The van der Waals surface area contributed by atoms with Crippen molar-refractivity contribution in [3.05, 3.63) is 62.9 Å². The Kier molecular flexibility index (Phi) is 6.32. The molecule has 0 unspecified atom stereocenters. The van der Waals surface area contributed by atoms with Crippen LogP contribution in [0.25, 0.3) is 10.2 Å². The number of ether oxygens (including phenoxy) is 1. The summed E-state index contributed by atoms with van der Waals surface area (Å²) in [5, 5.41) is 11.0. The van der Waals surface area contributed by atoms with Gasteiger partial charge in [-0.2, -0.15) is 4.99 Å². The first kappa shape index (κ1) is 22.3. The van der Waals surface area contributed by atoms with Gasteiger partial charge in [0.05, 0.1) is 33.6 Å².